The number of anilines is 2. The molecule has 1 aliphatic heterocycles. The minimum Gasteiger partial charge on any atom is -0.371 e. The lowest BCUT2D eigenvalue weighted by atomic mass is 10.1. The van der Waals surface area contributed by atoms with Crippen LogP contribution in [0.3, 0.4) is 0 Å². The van der Waals surface area contributed by atoms with Gasteiger partial charge in [-0.25, -0.2) is 9.18 Å². The van der Waals surface area contributed by atoms with Gasteiger partial charge in [-0.1, -0.05) is 12.1 Å². The highest BCUT2D eigenvalue weighted by Gasteiger charge is 2.20. The number of nitrogens with one attached hydrogen (secondary N) is 3. The molecule has 3 amide bonds. The zero-order chi connectivity index (χ0) is 19.9. The van der Waals surface area contributed by atoms with Crippen molar-refractivity contribution in [2.45, 2.75) is 26.3 Å². The smallest absolute Gasteiger partial charge is 0.319 e. The molecule has 148 valence electrons. The summed E-state index contributed by atoms with van der Waals surface area (Å²) in [5.74, 6) is -0.540. The molecule has 2 aromatic carbocycles. The van der Waals surface area contributed by atoms with E-state index in [0.717, 1.165) is 37.2 Å². The van der Waals surface area contributed by atoms with Crippen molar-refractivity contribution in [3.8, 4) is 0 Å². The van der Waals surface area contributed by atoms with Crippen LogP contribution in [-0.4, -0.2) is 31.6 Å². The van der Waals surface area contributed by atoms with E-state index in [1.165, 1.54) is 12.1 Å². The molecule has 0 saturated carbocycles. The Bertz CT molecular complexity index is 833. The first-order valence-corrected chi connectivity index (χ1v) is 9.53. The number of benzene rings is 2. The molecular formula is C21H25FN4O2. The second kappa shape index (κ2) is 9.21. The Labute approximate surface area is 164 Å². The molecule has 0 bridgehead atoms. The second-order valence-corrected chi connectivity index (χ2v) is 6.72. The van der Waals surface area contributed by atoms with Gasteiger partial charge in [0.1, 0.15) is 5.82 Å². The third-order valence-electron chi connectivity index (χ3n) is 4.65. The van der Waals surface area contributed by atoms with Gasteiger partial charge in [-0.2, -0.15) is 0 Å². The van der Waals surface area contributed by atoms with Gasteiger partial charge in [0.15, 0.2) is 0 Å². The molecule has 2 aromatic rings. The minimum atomic E-state index is -0.311. The molecule has 1 aliphatic rings. The van der Waals surface area contributed by atoms with Crippen LogP contribution in [0.25, 0.3) is 0 Å². The third-order valence-corrected chi connectivity index (χ3v) is 4.65. The van der Waals surface area contributed by atoms with Crippen LogP contribution in [-0.2, 0) is 6.54 Å². The first-order valence-electron chi connectivity index (χ1n) is 9.53. The van der Waals surface area contributed by atoms with Gasteiger partial charge in [0.25, 0.3) is 5.91 Å². The Balaban J connectivity index is 1.78. The van der Waals surface area contributed by atoms with Crippen LogP contribution in [0, 0.1) is 5.82 Å². The van der Waals surface area contributed by atoms with Crippen molar-refractivity contribution >= 4 is 23.3 Å². The highest BCUT2D eigenvalue weighted by Crippen LogP contribution is 2.27. The first-order chi connectivity index (χ1) is 13.6. The number of carbonyl (C=O) groups excluding carboxylic acids is 2. The molecule has 1 saturated heterocycles. The summed E-state index contributed by atoms with van der Waals surface area (Å²) < 4.78 is 13.0. The predicted molar refractivity (Wildman–Crippen MR) is 108 cm³/mol. The van der Waals surface area contributed by atoms with Crippen molar-refractivity contribution in [1.82, 2.24) is 10.6 Å². The summed E-state index contributed by atoms with van der Waals surface area (Å²) in [7, 11) is 0. The average molecular weight is 384 g/mol. The fraction of sp³-hybridized carbons (Fsp3) is 0.333. The molecule has 0 atom stereocenters. The highest BCUT2D eigenvalue weighted by molar-refractivity contribution is 6.02. The lowest BCUT2D eigenvalue weighted by Gasteiger charge is -2.22. The predicted octanol–water partition coefficient (Wildman–Crippen LogP) is 3.50. The van der Waals surface area contributed by atoms with Gasteiger partial charge in [0.2, 0.25) is 0 Å². The summed E-state index contributed by atoms with van der Waals surface area (Å²) in [5, 5.41) is 8.31. The maximum atomic E-state index is 13.0. The molecule has 1 fully saturated rings. The van der Waals surface area contributed by atoms with E-state index in [1.54, 1.807) is 24.3 Å². The van der Waals surface area contributed by atoms with E-state index in [4.69, 9.17) is 0 Å². The van der Waals surface area contributed by atoms with Crippen LogP contribution in [0.2, 0.25) is 0 Å². The number of urea groups is 1. The van der Waals surface area contributed by atoms with Gasteiger partial charge in [0, 0.05) is 37.6 Å². The zero-order valence-electron chi connectivity index (χ0n) is 15.9. The fourth-order valence-corrected chi connectivity index (χ4v) is 3.25. The van der Waals surface area contributed by atoms with E-state index in [2.05, 4.69) is 20.9 Å². The van der Waals surface area contributed by atoms with Gasteiger partial charge >= 0.3 is 6.03 Å². The first kappa shape index (κ1) is 19.7. The number of carbonyl (C=O) groups is 2. The summed E-state index contributed by atoms with van der Waals surface area (Å²) in [4.78, 5) is 26.9. The summed E-state index contributed by atoms with van der Waals surface area (Å²) in [5.41, 5.74) is 2.74. The van der Waals surface area contributed by atoms with Crippen molar-refractivity contribution in [2.75, 3.05) is 29.9 Å². The van der Waals surface area contributed by atoms with Crippen molar-refractivity contribution in [1.29, 1.82) is 0 Å². The van der Waals surface area contributed by atoms with E-state index in [9.17, 15) is 14.0 Å². The van der Waals surface area contributed by atoms with E-state index in [0.29, 0.717) is 24.3 Å². The van der Waals surface area contributed by atoms with Crippen molar-refractivity contribution in [2.24, 2.45) is 0 Å². The number of nitrogens with zero attached hydrogens (tertiary/aromatic N) is 1. The molecule has 0 unspecified atom stereocenters. The Kier molecular flexibility index (Phi) is 6.47. The normalized spacial score (nSPS) is 13.3. The van der Waals surface area contributed by atoms with Gasteiger partial charge in [-0.05, 0) is 55.7 Å². The van der Waals surface area contributed by atoms with Gasteiger partial charge in [0.05, 0.1) is 5.56 Å². The molecule has 0 radical (unpaired) electrons. The largest absolute Gasteiger partial charge is 0.371 e. The van der Waals surface area contributed by atoms with Crippen LogP contribution in [0.4, 0.5) is 20.6 Å². The van der Waals surface area contributed by atoms with E-state index < -0.39 is 0 Å². The molecular weight excluding hydrogens is 359 g/mol. The summed E-state index contributed by atoms with van der Waals surface area (Å²) in [6, 6.07) is 11.1. The van der Waals surface area contributed by atoms with Crippen LogP contribution in [0.5, 0.6) is 0 Å². The standard InChI is InChI=1S/C21H25FN4O2/c1-2-23-21(28)25-17-9-10-19(26-11-3-4-12-26)18(13-17)20(27)24-14-15-5-7-16(22)8-6-15/h5-10,13H,2-4,11-12,14H2,1H3,(H,24,27)(H2,23,25,28). The van der Waals surface area contributed by atoms with Crippen molar-refractivity contribution < 1.29 is 14.0 Å². The van der Waals surface area contributed by atoms with Crippen LogP contribution >= 0.6 is 0 Å². The van der Waals surface area contributed by atoms with E-state index >= 15 is 0 Å². The summed E-state index contributed by atoms with van der Waals surface area (Å²) in [6.45, 7) is 4.46. The number of hydrogen-bond donors (Lipinski definition) is 3. The minimum absolute atomic E-state index is 0.231. The Hall–Kier alpha value is -3.09. The van der Waals surface area contributed by atoms with E-state index in [1.807, 2.05) is 13.0 Å². The average Bonchev–Trinajstić information content (AvgIpc) is 3.22. The number of amides is 3. The topological polar surface area (TPSA) is 73.5 Å². The van der Waals surface area contributed by atoms with Crippen LogP contribution < -0.4 is 20.9 Å². The number of hydrogen-bond acceptors (Lipinski definition) is 3. The molecule has 6 nitrogen and oxygen atoms in total. The molecule has 1 heterocycles. The highest BCUT2D eigenvalue weighted by atomic mass is 19.1. The SMILES string of the molecule is CCNC(=O)Nc1ccc(N2CCCC2)c(C(=O)NCc2ccc(F)cc2)c1. The second-order valence-electron chi connectivity index (χ2n) is 6.72. The Morgan fingerprint density at radius 3 is 2.43 bits per heavy atom. The van der Waals surface area contributed by atoms with Crippen molar-refractivity contribution in [3.63, 3.8) is 0 Å². The third kappa shape index (κ3) is 5.00. The summed E-state index contributed by atoms with van der Waals surface area (Å²) >= 11 is 0. The van der Waals surface area contributed by atoms with Gasteiger partial charge in [-0.15, -0.1) is 0 Å². The molecule has 0 aromatic heterocycles. The molecule has 0 aliphatic carbocycles. The molecule has 3 rings (SSSR count). The molecule has 28 heavy (non-hydrogen) atoms. The van der Waals surface area contributed by atoms with Gasteiger partial charge in [-0.3, -0.25) is 4.79 Å². The lowest BCUT2D eigenvalue weighted by molar-refractivity contribution is 0.0951. The molecule has 7 heteroatoms. The maximum Gasteiger partial charge on any atom is 0.319 e. The Morgan fingerprint density at radius 1 is 1.04 bits per heavy atom. The molecule has 3 N–H and O–H groups in total. The Morgan fingerprint density at radius 2 is 1.75 bits per heavy atom. The maximum absolute atomic E-state index is 13.0. The van der Waals surface area contributed by atoms with Gasteiger partial charge < -0.3 is 20.9 Å². The van der Waals surface area contributed by atoms with Crippen LogP contribution in [0.1, 0.15) is 35.7 Å². The van der Waals surface area contributed by atoms with Crippen molar-refractivity contribution in [3.05, 3.63) is 59.4 Å². The quantitative estimate of drug-likeness (QED) is 0.714. The zero-order valence-corrected chi connectivity index (χ0v) is 15.9. The lowest BCUT2D eigenvalue weighted by Crippen LogP contribution is -2.29. The number of halogens is 1. The summed E-state index contributed by atoms with van der Waals surface area (Å²) in [6.07, 6.45) is 2.19. The van der Waals surface area contributed by atoms with Crippen LogP contribution in [0.15, 0.2) is 42.5 Å². The van der Waals surface area contributed by atoms with E-state index in [-0.39, 0.29) is 17.8 Å². The molecule has 0 spiro atoms. The fourth-order valence-electron chi connectivity index (χ4n) is 3.25. The number of rotatable bonds is 6. The monoisotopic (exact) mass is 384 g/mol.